The van der Waals surface area contributed by atoms with E-state index in [0.29, 0.717) is 17.7 Å². The van der Waals surface area contributed by atoms with Gasteiger partial charge in [0.25, 0.3) is 0 Å². The monoisotopic (exact) mass is 390 g/mol. The van der Waals surface area contributed by atoms with Gasteiger partial charge < -0.3 is 20.1 Å². The normalized spacial score (nSPS) is 15.4. The van der Waals surface area contributed by atoms with Crippen LogP contribution in [0, 0.1) is 0 Å². The number of rotatable bonds is 7. The number of hydrogen-bond donors (Lipinski definition) is 2. The Morgan fingerprint density at radius 1 is 1.21 bits per heavy atom. The van der Waals surface area contributed by atoms with Gasteiger partial charge in [-0.05, 0) is 57.9 Å². The highest BCUT2D eigenvalue weighted by molar-refractivity contribution is 6.05. The van der Waals surface area contributed by atoms with E-state index >= 15 is 0 Å². The quantitative estimate of drug-likeness (QED) is 0.421. The molecular weight excluding hydrogens is 364 g/mol. The van der Waals surface area contributed by atoms with Crippen LogP contribution in [0.1, 0.15) is 62.4 Å². The van der Waals surface area contributed by atoms with E-state index < -0.39 is 17.7 Å². The minimum Gasteiger partial charge on any atom is -0.457 e. The molecule has 0 saturated heterocycles. The topological polar surface area (TPSA) is 111 Å². The number of carbonyl (C=O) groups is 4. The van der Waals surface area contributed by atoms with Crippen LogP contribution in [0.4, 0.5) is 10.5 Å². The Kier molecular flexibility index (Phi) is 6.77. The minimum absolute atomic E-state index is 0.0721. The van der Waals surface area contributed by atoms with E-state index in [0.717, 1.165) is 5.56 Å². The first-order chi connectivity index (χ1) is 13.1. The number of carbonyl (C=O) groups excluding carboxylic acids is 4. The molecule has 1 aromatic carbocycles. The molecule has 8 heteroatoms. The lowest BCUT2D eigenvalue weighted by atomic mass is 9.99. The maximum Gasteiger partial charge on any atom is 0.407 e. The molecule has 2 amide bonds. The summed E-state index contributed by atoms with van der Waals surface area (Å²) in [5, 5.41) is 5.29. The summed E-state index contributed by atoms with van der Waals surface area (Å²) in [7, 11) is 0. The fourth-order valence-electron chi connectivity index (χ4n) is 2.63. The summed E-state index contributed by atoms with van der Waals surface area (Å²) in [4.78, 5) is 47.1. The van der Waals surface area contributed by atoms with Gasteiger partial charge in [-0.15, -0.1) is 0 Å². The van der Waals surface area contributed by atoms with E-state index in [1.54, 1.807) is 45.9 Å². The highest BCUT2D eigenvalue weighted by Crippen LogP contribution is 2.32. The average Bonchev–Trinajstić information content (AvgIpc) is 2.89. The molecule has 1 aliphatic heterocycles. The molecule has 0 bridgehead atoms. The van der Waals surface area contributed by atoms with Crippen molar-refractivity contribution in [3.05, 3.63) is 29.3 Å². The summed E-state index contributed by atoms with van der Waals surface area (Å²) < 4.78 is 10.1. The molecule has 2 N–H and O–H groups in total. The van der Waals surface area contributed by atoms with Crippen LogP contribution in [0.2, 0.25) is 0 Å². The number of fused-ring (bicyclic) bond motifs is 1. The molecule has 8 nitrogen and oxygen atoms in total. The number of benzene rings is 1. The smallest absolute Gasteiger partial charge is 0.407 e. The predicted octanol–water partition coefficient (Wildman–Crippen LogP) is 2.77. The third-order valence-corrected chi connectivity index (χ3v) is 4.08. The Labute approximate surface area is 164 Å². The van der Waals surface area contributed by atoms with Gasteiger partial charge in [-0.2, -0.15) is 0 Å². The third kappa shape index (κ3) is 6.07. The first-order valence-corrected chi connectivity index (χ1v) is 9.17. The molecule has 1 atom stereocenters. The minimum atomic E-state index is -0.581. The van der Waals surface area contributed by atoms with E-state index in [2.05, 4.69) is 10.6 Å². The number of hydrogen-bond acceptors (Lipinski definition) is 6. The van der Waals surface area contributed by atoms with Crippen molar-refractivity contribution in [2.45, 2.75) is 52.1 Å². The van der Waals surface area contributed by atoms with Gasteiger partial charge in [0.05, 0.1) is 5.92 Å². The van der Waals surface area contributed by atoms with Crippen molar-refractivity contribution < 1.29 is 28.7 Å². The Morgan fingerprint density at radius 2 is 1.93 bits per heavy atom. The maximum atomic E-state index is 12.2. The van der Waals surface area contributed by atoms with Crippen LogP contribution in [0.5, 0.6) is 0 Å². The molecular formula is C20H26N2O6. The summed E-state index contributed by atoms with van der Waals surface area (Å²) in [6.07, 6.45) is -0.103. The molecule has 0 fully saturated rings. The lowest BCUT2D eigenvalue weighted by molar-refractivity contribution is -0.142. The second-order valence-corrected chi connectivity index (χ2v) is 7.63. The molecule has 0 saturated carbocycles. The molecule has 0 aromatic heterocycles. The van der Waals surface area contributed by atoms with Gasteiger partial charge >= 0.3 is 12.1 Å². The zero-order chi connectivity index (χ0) is 20.9. The van der Waals surface area contributed by atoms with Crippen LogP contribution in [0.3, 0.4) is 0 Å². The van der Waals surface area contributed by atoms with E-state index in [4.69, 9.17) is 9.47 Å². The van der Waals surface area contributed by atoms with Gasteiger partial charge in [0.15, 0.2) is 12.4 Å². The summed E-state index contributed by atoms with van der Waals surface area (Å²) in [5.74, 6) is -1.28. The molecule has 28 heavy (non-hydrogen) atoms. The van der Waals surface area contributed by atoms with E-state index in [-0.39, 0.29) is 37.2 Å². The van der Waals surface area contributed by atoms with E-state index in [1.165, 1.54) is 0 Å². The zero-order valence-corrected chi connectivity index (χ0v) is 16.6. The summed E-state index contributed by atoms with van der Waals surface area (Å²) in [6.45, 7) is 6.94. The number of ether oxygens (including phenoxy) is 2. The molecule has 1 heterocycles. The molecule has 0 radical (unpaired) electrons. The van der Waals surface area contributed by atoms with Crippen molar-refractivity contribution in [1.82, 2.24) is 5.32 Å². The summed E-state index contributed by atoms with van der Waals surface area (Å²) in [5.41, 5.74) is 1.27. The molecule has 0 spiro atoms. The van der Waals surface area contributed by atoms with Crippen LogP contribution in [-0.4, -0.2) is 42.5 Å². The fraction of sp³-hybridized carbons (Fsp3) is 0.500. The Hall–Kier alpha value is -2.90. The first-order valence-electron chi connectivity index (χ1n) is 9.17. The van der Waals surface area contributed by atoms with Crippen LogP contribution in [-0.2, 0) is 19.1 Å². The number of Topliss-reactive ketones (excluding diaryl/α,β-unsaturated/α-hetero) is 1. The largest absolute Gasteiger partial charge is 0.457 e. The Balaban J connectivity index is 1.71. The lowest BCUT2D eigenvalue weighted by Crippen LogP contribution is -2.33. The van der Waals surface area contributed by atoms with Crippen molar-refractivity contribution in [2.75, 3.05) is 18.5 Å². The molecule has 1 aliphatic rings. The Bertz CT molecular complexity index is 781. The maximum absolute atomic E-state index is 12.2. The number of amides is 2. The highest BCUT2D eigenvalue weighted by Gasteiger charge is 2.27. The summed E-state index contributed by atoms with van der Waals surface area (Å²) >= 11 is 0. The standard InChI is InChI=1S/C20H26N2O6/c1-12-14-10-13(7-8-15(14)22-18(12)25)16(23)11-27-17(24)6-5-9-21-19(26)28-20(2,3)4/h7-8,10,12H,5-6,9,11H2,1-4H3,(H,21,26)(H,22,25)/t12-/m1/s1. The summed E-state index contributed by atoms with van der Waals surface area (Å²) in [6, 6.07) is 4.92. The number of alkyl carbamates (subject to hydrolysis) is 1. The van der Waals surface area contributed by atoms with Gasteiger partial charge in [0.1, 0.15) is 5.60 Å². The lowest BCUT2D eigenvalue weighted by Gasteiger charge is -2.19. The Morgan fingerprint density at radius 3 is 2.61 bits per heavy atom. The first kappa shape index (κ1) is 21.4. The van der Waals surface area contributed by atoms with Crippen molar-refractivity contribution >= 4 is 29.4 Å². The van der Waals surface area contributed by atoms with Gasteiger partial charge in [-0.3, -0.25) is 14.4 Å². The molecule has 152 valence electrons. The van der Waals surface area contributed by atoms with Crippen molar-refractivity contribution in [2.24, 2.45) is 0 Å². The van der Waals surface area contributed by atoms with Crippen LogP contribution < -0.4 is 10.6 Å². The van der Waals surface area contributed by atoms with E-state index in [9.17, 15) is 19.2 Å². The number of nitrogens with one attached hydrogen (secondary N) is 2. The van der Waals surface area contributed by atoms with Crippen molar-refractivity contribution in [1.29, 1.82) is 0 Å². The SMILES string of the molecule is C[C@H]1C(=O)Nc2ccc(C(=O)COC(=O)CCCNC(=O)OC(C)(C)C)cc21. The van der Waals surface area contributed by atoms with Gasteiger partial charge in [0, 0.05) is 24.2 Å². The van der Waals surface area contributed by atoms with E-state index in [1.807, 2.05) is 0 Å². The molecule has 0 aliphatic carbocycles. The van der Waals surface area contributed by atoms with Gasteiger partial charge in [-0.1, -0.05) is 0 Å². The van der Waals surface area contributed by atoms with Gasteiger partial charge in [0.2, 0.25) is 5.91 Å². The molecule has 1 aromatic rings. The fourth-order valence-corrected chi connectivity index (χ4v) is 2.63. The average molecular weight is 390 g/mol. The highest BCUT2D eigenvalue weighted by atomic mass is 16.6. The molecule has 0 unspecified atom stereocenters. The van der Waals surface area contributed by atoms with Crippen molar-refractivity contribution in [3.8, 4) is 0 Å². The number of ketones is 1. The zero-order valence-electron chi connectivity index (χ0n) is 16.6. The second kappa shape index (κ2) is 8.86. The number of anilines is 1. The van der Waals surface area contributed by atoms with Crippen LogP contribution in [0.25, 0.3) is 0 Å². The van der Waals surface area contributed by atoms with Crippen LogP contribution in [0.15, 0.2) is 18.2 Å². The second-order valence-electron chi connectivity index (χ2n) is 7.63. The molecule has 2 rings (SSSR count). The van der Waals surface area contributed by atoms with Crippen LogP contribution >= 0.6 is 0 Å². The van der Waals surface area contributed by atoms with Gasteiger partial charge in [-0.25, -0.2) is 4.79 Å². The van der Waals surface area contributed by atoms with Crippen molar-refractivity contribution in [3.63, 3.8) is 0 Å². The number of esters is 1. The third-order valence-electron chi connectivity index (χ3n) is 4.08. The predicted molar refractivity (Wildman–Crippen MR) is 102 cm³/mol.